The molecule has 0 radical (unpaired) electrons. The molecule has 3 N–H and O–H groups in total. The SMILES string of the molecule is CC(C)CNc1ccc(Cc2ccc(N)cc2)cc1. The smallest absolute Gasteiger partial charge is 0.0340 e. The van der Waals surface area contributed by atoms with Crippen LogP contribution in [0, 0.1) is 5.92 Å². The molecule has 0 aliphatic rings. The minimum atomic E-state index is 0.662. The van der Waals surface area contributed by atoms with Crippen molar-refractivity contribution in [2.75, 3.05) is 17.6 Å². The van der Waals surface area contributed by atoms with Crippen LogP contribution in [0.3, 0.4) is 0 Å². The van der Waals surface area contributed by atoms with E-state index in [-0.39, 0.29) is 0 Å². The molecular weight excluding hydrogens is 232 g/mol. The molecule has 0 amide bonds. The van der Waals surface area contributed by atoms with Crippen molar-refractivity contribution in [3.05, 3.63) is 59.7 Å². The van der Waals surface area contributed by atoms with Gasteiger partial charge in [-0.25, -0.2) is 0 Å². The van der Waals surface area contributed by atoms with Gasteiger partial charge in [-0.3, -0.25) is 0 Å². The van der Waals surface area contributed by atoms with Crippen LogP contribution < -0.4 is 11.1 Å². The molecule has 0 unspecified atom stereocenters. The average molecular weight is 254 g/mol. The van der Waals surface area contributed by atoms with Gasteiger partial charge in [-0.1, -0.05) is 38.1 Å². The maximum Gasteiger partial charge on any atom is 0.0340 e. The van der Waals surface area contributed by atoms with Crippen molar-refractivity contribution in [2.45, 2.75) is 20.3 Å². The number of nitrogen functional groups attached to an aromatic ring is 1. The Morgan fingerprint density at radius 1 is 0.895 bits per heavy atom. The van der Waals surface area contributed by atoms with Gasteiger partial charge in [0.2, 0.25) is 0 Å². The van der Waals surface area contributed by atoms with Crippen LogP contribution >= 0.6 is 0 Å². The molecule has 0 saturated carbocycles. The first-order valence-corrected chi connectivity index (χ1v) is 6.81. The van der Waals surface area contributed by atoms with E-state index in [0.717, 1.165) is 18.7 Å². The number of hydrogen-bond acceptors (Lipinski definition) is 2. The lowest BCUT2D eigenvalue weighted by molar-refractivity contribution is 0.689. The molecule has 2 rings (SSSR count). The Kier molecular flexibility index (Phi) is 4.45. The molecule has 0 aliphatic carbocycles. The van der Waals surface area contributed by atoms with Crippen molar-refractivity contribution in [1.29, 1.82) is 0 Å². The third-order valence-corrected chi connectivity index (χ3v) is 3.06. The first-order valence-electron chi connectivity index (χ1n) is 6.81. The van der Waals surface area contributed by atoms with E-state index < -0.39 is 0 Å². The van der Waals surface area contributed by atoms with Gasteiger partial charge in [0.15, 0.2) is 0 Å². The van der Waals surface area contributed by atoms with Crippen molar-refractivity contribution < 1.29 is 0 Å². The van der Waals surface area contributed by atoms with Gasteiger partial charge in [-0.15, -0.1) is 0 Å². The van der Waals surface area contributed by atoms with Crippen LogP contribution in [0.2, 0.25) is 0 Å². The second kappa shape index (κ2) is 6.28. The van der Waals surface area contributed by atoms with E-state index in [9.17, 15) is 0 Å². The molecule has 0 fully saturated rings. The van der Waals surface area contributed by atoms with Gasteiger partial charge >= 0.3 is 0 Å². The van der Waals surface area contributed by atoms with Gasteiger partial charge in [0, 0.05) is 17.9 Å². The Morgan fingerprint density at radius 2 is 1.42 bits per heavy atom. The molecule has 2 nitrogen and oxygen atoms in total. The summed E-state index contributed by atoms with van der Waals surface area (Å²) in [5.41, 5.74) is 10.3. The third-order valence-electron chi connectivity index (χ3n) is 3.06. The number of nitrogens with one attached hydrogen (secondary N) is 1. The van der Waals surface area contributed by atoms with Gasteiger partial charge in [0.25, 0.3) is 0 Å². The maximum atomic E-state index is 5.69. The normalized spacial score (nSPS) is 10.7. The van der Waals surface area contributed by atoms with E-state index in [1.807, 2.05) is 12.1 Å². The second-order valence-corrected chi connectivity index (χ2v) is 5.39. The fraction of sp³-hybridized carbons (Fsp3) is 0.294. The summed E-state index contributed by atoms with van der Waals surface area (Å²) in [7, 11) is 0. The Balaban J connectivity index is 1.96. The van der Waals surface area contributed by atoms with Crippen molar-refractivity contribution in [3.63, 3.8) is 0 Å². The topological polar surface area (TPSA) is 38.0 Å². The quantitative estimate of drug-likeness (QED) is 0.793. The predicted octanol–water partition coefficient (Wildman–Crippen LogP) is 3.93. The zero-order chi connectivity index (χ0) is 13.7. The third kappa shape index (κ3) is 4.32. The van der Waals surface area contributed by atoms with Gasteiger partial charge in [0.05, 0.1) is 0 Å². The zero-order valence-electron chi connectivity index (χ0n) is 11.7. The minimum Gasteiger partial charge on any atom is -0.399 e. The standard InChI is InChI=1S/C17H22N2/c1-13(2)12-19-17-9-5-15(6-10-17)11-14-3-7-16(18)8-4-14/h3-10,13,19H,11-12,18H2,1-2H3. The van der Waals surface area contributed by atoms with Gasteiger partial charge in [-0.05, 0) is 47.7 Å². The first-order chi connectivity index (χ1) is 9.13. The lowest BCUT2D eigenvalue weighted by Crippen LogP contribution is -2.07. The molecule has 0 aromatic heterocycles. The Morgan fingerprint density at radius 3 is 1.95 bits per heavy atom. The van der Waals surface area contributed by atoms with Crippen molar-refractivity contribution in [3.8, 4) is 0 Å². The van der Waals surface area contributed by atoms with Crippen LogP contribution in [0.5, 0.6) is 0 Å². The summed E-state index contributed by atoms with van der Waals surface area (Å²) in [5, 5.41) is 3.43. The fourth-order valence-corrected chi connectivity index (χ4v) is 1.93. The largest absolute Gasteiger partial charge is 0.399 e. The maximum absolute atomic E-state index is 5.69. The molecule has 0 aliphatic heterocycles. The van der Waals surface area contributed by atoms with Crippen LogP contribution in [-0.2, 0) is 6.42 Å². The Bertz CT molecular complexity index is 498. The number of anilines is 2. The van der Waals surface area contributed by atoms with Crippen molar-refractivity contribution >= 4 is 11.4 Å². The molecular formula is C17H22N2. The summed E-state index contributed by atoms with van der Waals surface area (Å²) in [6.07, 6.45) is 0.949. The van der Waals surface area contributed by atoms with Gasteiger partial charge < -0.3 is 11.1 Å². The average Bonchev–Trinajstić information content (AvgIpc) is 2.40. The highest BCUT2D eigenvalue weighted by atomic mass is 14.9. The van der Waals surface area contributed by atoms with Crippen LogP contribution in [0.15, 0.2) is 48.5 Å². The van der Waals surface area contributed by atoms with Crippen LogP contribution in [0.1, 0.15) is 25.0 Å². The van der Waals surface area contributed by atoms with E-state index >= 15 is 0 Å². The number of rotatable bonds is 5. The predicted molar refractivity (Wildman–Crippen MR) is 83.4 cm³/mol. The molecule has 2 aromatic carbocycles. The van der Waals surface area contributed by atoms with E-state index in [1.54, 1.807) is 0 Å². The number of benzene rings is 2. The molecule has 2 aromatic rings. The molecule has 100 valence electrons. The summed E-state index contributed by atoms with van der Waals surface area (Å²) in [6.45, 7) is 5.43. The number of hydrogen-bond donors (Lipinski definition) is 2. The lowest BCUT2D eigenvalue weighted by atomic mass is 10.0. The van der Waals surface area contributed by atoms with Crippen LogP contribution in [0.25, 0.3) is 0 Å². The molecule has 0 atom stereocenters. The second-order valence-electron chi connectivity index (χ2n) is 5.39. The first kappa shape index (κ1) is 13.5. The van der Waals surface area contributed by atoms with Crippen LogP contribution in [0.4, 0.5) is 11.4 Å². The molecule has 0 bridgehead atoms. The molecule has 19 heavy (non-hydrogen) atoms. The van der Waals surface area contributed by atoms with Crippen LogP contribution in [-0.4, -0.2) is 6.54 Å². The molecule has 2 heteroatoms. The summed E-state index contributed by atoms with van der Waals surface area (Å²) >= 11 is 0. The fourth-order valence-electron chi connectivity index (χ4n) is 1.93. The van der Waals surface area contributed by atoms with Gasteiger partial charge in [-0.2, -0.15) is 0 Å². The molecule has 0 saturated heterocycles. The monoisotopic (exact) mass is 254 g/mol. The van der Waals surface area contributed by atoms with Crippen molar-refractivity contribution in [1.82, 2.24) is 0 Å². The molecule has 0 spiro atoms. The van der Waals surface area contributed by atoms with E-state index in [1.165, 1.54) is 16.8 Å². The molecule has 0 heterocycles. The highest BCUT2D eigenvalue weighted by Crippen LogP contribution is 2.15. The minimum absolute atomic E-state index is 0.662. The highest BCUT2D eigenvalue weighted by molar-refractivity contribution is 5.46. The van der Waals surface area contributed by atoms with E-state index in [4.69, 9.17) is 5.73 Å². The summed E-state index contributed by atoms with van der Waals surface area (Å²) in [5.74, 6) is 0.662. The highest BCUT2D eigenvalue weighted by Gasteiger charge is 1.98. The summed E-state index contributed by atoms with van der Waals surface area (Å²) in [4.78, 5) is 0. The van der Waals surface area contributed by atoms with E-state index in [0.29, 0.717) is 5.92 Å². The van der Waals surface area contributed by atoms with Gasteiger partial charge in [0.1, 0.15) is 0 Å². The Hall–Kier alpha value is -1.96. The summed E-state index contributed by atoms with van der Waals surface area (Å²) in [6, 6.07) is 16.7. The number of nitrogens with two attached hydrogens (primary N) is 1. The zero-order valence-corrected chi connectivity index (χ0v) is 11.7. The Labute approximate surface area is 115 Å². The summed E-state index contributed by atoms with van der Waals surface area (Å²) < 4.78 is 0. The van der Waals surface area contributed by atoms with Crippen molar-refractivity contribution in [2.24, 2.45) is 5.92 Å². The van der Waals surface area contributed by atoms with E-state index in [2.05, 4.69) is 55.6 Å². The lowest BCUT2D eigenvalue weighted by Gasteiger charge is -2.09.